The Labute approximate surface area is 369 Å². The van der Waals surface area contributed by atoms with Crippen molar-refractivity contribution in [2.24, 2.45) is 0 Å². The number of hydrogen-bond donors (Lipinski definition) is 0. The highest BCUT2D eigenvalue weighted by Gasteiger charge is 2.48. The van der Waals surface area contributed by atoms with E-state index in [9.17, 15) is 0 Å². The molecular weight excluding hydrogens is 769 g/mol. The summed E-state index contributed by atoms with van der Waals surface area (Å²) in [7, 11) is -0.885. The van der Waals surface area contributed by atoms with E-state index in [1.165, 1.54) is 65.7 Å². The Kier molecular flexibility index (Phi) is 9.89. The number of fused-ring (bicyclic) bond motifs is 5. The maximum absolute atomic E-state index is 2.52. The lowest BCUT2D eigenvalue weighted by Gasteiger charge is -2.36. The zero-order valence-corrected chi connectivity index (χ0v) is 37.2. The fraction of sp³-hybridized carbons (Fsp3) is 0.119. The van der Waals surface area contributed by atoms with Crippen LogP contribution in [0.25, 0.3) is 21.9 Å². The van der Waals surface area contributed by atoms with Crippen molar-refractivity contribution in [2.75, 3.05) is 28.6 Å². The van der Waals surface area contributed by atoms with Crippen molar-refractivity contribution in [2.45, 2.75) is 31.1 Å². The number of hydrogen-bond acceptors (Lipinski definition) is 2. The van der Waals surface area contributed by atoms with Crippen LogP contribution in [0.15, 0.2) is 211 Å². The van der Waals surface area contributed by atoms with Gasteiger partial charge in [-0.25, -0.2) is 10.0 Å². The van der Waals surface area contributed by atoms with Crippen LogP contribution in [0.5, 0.6) is 0 Å². The normalized spacial score (nSPS) is 13.1. The van der Waals surface area contributed by atoms with Crippen LogP contribution in [-0.2, 0) is 5.41 Å². The van der Waals surface area contributed by atoms with Gasteiger partial charge in [-0.1, -0.05) is 144 Å². The predicted octanol–water partition coefficient (Wildman–Crippen LogP) is 16.1. The maximum Gasteiger partial charge on any atom is 0.0715 e. The van der Waals surface area contributed by atoms with Crippen molar-refractivity contribution in [3.8, 4) is 11.1 Å². The number of aryl methyl sites for hydroxylation is 3. The second-order valence-electron chi connectivity index (χ2n) is 17.6. The van der Waals surface area contributed by atoms with Crippen molar-refractivity contribution < 1.29 is 0 Å². The fourth-order valence-corrected chi connectivity index (χ4v) is 10.5. The molecule has 0 heterocycles. The summed E-state index contributed by atoms with van der Waals surface area (Å²) in [5, 5.41) is 2.45. The minimum atomic E-state index is -0.885. The van der Waals surface area contributed by atoms with E-state index in [0.29, 0.717) is 0 Å². The van der Waals surface area contributed by atoms with Crippen LogP contribution in [-0.4, -0.2) is 18.8 Å². The number of anilines is 6. The van der Waals surface area contributed by atoms with Crippen LogP contribution in [0.3, 0.4) is 0 Å². The molecule has 62 heavy (non-hydrogen) atoms. The lowest BCUT2D eigenvalue weighted by atomic mass is 9.67. The molecule has 0 N–H and O–H groups in total. The summed E-state index contributed by atoms with van der Waals surface area (Å²) in [6.45, 7) is 6.48. The van der Waals surface area contributed by atoms with E-state index in [0.717, 1.165) is 34.1 Å². The standard InChI is InChI=1S/C59H52N2S/c1-41-21-27-46(28-22-41)60(47-33-36-51(37-34-47)62(4,5)6)50-35-38-54-55(39-50)59(44-15-9-7-10-16-44,45-17-11-8-12-18-45)56-40-57(52-19-13-14-20-53(52)58(54)56)61(48-29-23-42(2)24-30-48)49-31-25-43(3)26-32-49/h7-40H,1-6H3. The molecule has 9 aromatic rings. The van der Waals surface area contributed by atoms with Gasteiger partial charge in [-0.05, 0) is 162 Å². The lowest BCUT2D eigenvalue weighted by molar-refractivity contribution is 0.769. The molecule has 0 fully saturated rings. The van der Waals surface area contributed by atoms with Crippen LogP contribution >= 0.6 is 10.0 Å². The molecule has 0 atom stereocenters. The Morgan fingerprint density at radius 1 is 0.371 bits per heavy atom. The highest BCUT2D eigenvalue weighted by Crippen LogP contribution is 2.61. The first kappa shape index (κ1) is 39.3. The maximum atomic E-state index is 2.52. The van der Waals surface area contributed by atoms with E-state index in [4.69, 9.17) is 0 Å². The third kappa shape index (κ3) is 6.69. The topological polar surface area (TPSA) is 6.48 Å². The van der Waals surface area contributed by atoms with Gasteiger partial charge in [-0.3, -0.25) is 0 Å². The molecule has 0 bridgehead atoms. The van der Waals surface area contributed by atoms with Crippen molar-refractivity contribution >= 4 is 54.9 Å². The van der Waals surface area contributed by atoms with E-state index in [1.807, 2.05) is 0 Å². The van der Waals surface area contributed by atoms with E-state index >= 15 is 0 Å². The third-order valence-corrected chi connectivity index (χ3v) is 14.4. The van der Waals surface area contributed by atoms with Crippen molar-refractivity contribution in [1.29, 1.82) is 0 Å². The SMILES string of the molecule is Cc1ccc(N(c2ccc(S(C)(C)C)cc2)c2ccc3c(c2)C(c2ccccc2)(c2ccccc2)c2cc(N(c4ccc(C)cc4)c4ccc(C)cc4)c4ccccc4c2-3)cc1. The van der Waals surface area contributed by atoms with Gasteiger partial charge in [0.2, 0.25) is 0 Å². The molecule has 3 heteroatoms. The number of benzene rings is 9. The summed E-state index contributed by atoms with van der Waals surface area (Å²) in [6, 6.07) is 77.3. The molecule has 0 aliphatic heterocycles. The van der Waals surface area contributed by atoms with Crippen LogP contribution in [0.2, 0.25) is 0 Å². The number of nitrogens with zero attached hydrogens (tertiary/aromatic N) is 2. The smallest absolute Gasteiger partial charge is 0.0715 e. The molecule has 0 saturated heterocycles. The Bertz CT molecular complexity index is 2950. The molecule has 9 aromatic carbocycles. The van der Waals surface area contributed by atoms with Crippen molar-refractivity contribution in [3.05, 3.63) is 245 Å². The summed E-state index contributed by atoms with van der Waals surface area (Å²) >= 11 is 0. The molecule has 0 aromatic heterocycles. The first-order valence-corrected chi connectivity index (χ1v) is 24.4. The molecule has 0 amide bonds. The van der Waals surface area contributed by atoms with Crippen LogP contribution in [0.1, 0.15) is 38.9 Å². The molecule has 0 saturated carbocycles. The monoisotopic (exact) mass is 820 g/mol. The number of rotatable bonds is 9. The van der Waals surface area contributed by atoms with E-state index < -0.39 is 15.4 Å². The summed E-state index contributed by atoms with van der Waals surface area (Å²) in [5.41, 5.74) is 17.4. The zero-order chi connectivity index (χ0) is 42.6. The van der Waals surface area contributed by atoms with E-state index in [1.54, 1.807) is 0 Å². The largest absolute Gasteiger partial charge is 0.310 e. The molecule has 2 nitrogen and oxygen atoms in total. The van der Waals surface area contributed by atoms with E-state index in [2.05, 4.69) is 256 Å². The second-order valence-corrected chi connectivity index (χ2v) is 21.7. The van der Waals surface area contributed by atoms with Crippen LogP contribution < -0.4 is 9.80 Å². The van der Waals surface area contributed by atoms with Crippen LogP contribution in [0, 0.1) is 20.8 Å². The van der Waals surface area contributed by atoms with Gasteiger partial charge < -0.3 is 9.80 Å². The average Bonchev–Trinajstić information content (AvgIpc) is 3.59. The van der Waals surface area contributed by atoms with Gasteiger partial charge in [0.25, 0.3) is 0 Å². The Morgan fingerprint density at radius 3 is 1.27 bits per heavy atom. The van der Waals surface area contributed by atoms with Gasteiger partial charge in [-0.15, -0.1) is 0 Å². The summed E-state index contributed by atoms with van der Waals surface area (Å²) < 4.78 is 0. The zero-order valence-electron chi connectivity index (χ0n) is 36.4. The van der Waals surface area contributed by atoms with Gasteiger partial charge in [0.1, 0.15) is 0 Å². The molecule has 1 aliphatic rings. The summed E-state index contributed by atoms with van der Waals surface area (Å²) in [6.07, 6.45) is 7.09. The molecule has 0 spiro atoms. The lowest BCUT2D eigenvalue weighted by Crippen LogP contribution is -2.29. The van der Waals surface area contributed by atoms with Crippen molar-refractivity contribution in [3.63, 3.8) is 0 Å². The van der Waals surface area contributed by atoms with Crippen LogP contribution in [0.4, 0.5) is 34.1 Å². The first-order chi connectivity index (χ1) is 30.1. The average molecular weight is 821 g/mol. The predicted molar refractivity (Wildman–Crippen MR) is 268 cm³/mol. The van der Waals surface area contributed by atoms with Gasteiger partial charge >= 0.3 is 0 Å². The molecule has 10 rings (SSSR count). The molecule has 0 radical (unpaired) electrons. The third-order valence-electron chi connectivity index (χ3n) is 12.7. The molecule has 1 aliphatic carbocycles. The van der Waals surface area contributed by atoms with Gasteiger partial charge in [-0.2, -0.15) is 0 Å². The quantitative estimate of drug-likeness (QED) is 0.143. The van der Waals surface area contributed by atoms with Gasteiger partial charge in [0, 0.05) is 33.8 Å². The second kappa shape index (κ2) is 15.6. The molecular formula is C59H52N2S. The van der Waals surface area contributed by atoms with E-state index in [-0.39, 0.29) is 0 Å². The fourth-order valence-electron chi connectivity index (χ4n) is 9.60. The van der Waals surface area contributed by atoms with Crippen molar-refractivity contribution in [1.82, 2.24) is 0 Å². The Morgan fingerprint density at radius 2 is 0.790 bits per heavy atom. The summed E-state index contributed by atoms with van der Waals surface area (Å²) in [4.78, 5) is 6.29. The Balaban J connectivity index is 1.30. The van der Waals surface area contributed by atoms with Gasteiger partial charge in [0.05, 0.1) is 11.1 Å². The minimum Gasteiger partial charge on any atom is -0.310 e. The Hall–Kier alpha value is -6.81. The summed E-state index contributed by atoms with van der Waals surface area (Å²) in [5.74, 6) is 0. The molecule has 304 valence electrons. The highest BCUT2D eigenvalue weighted by molar-refractivity contribution is 8.32. The first-order valence-electron chi connectivity index (χ1n) is 21.5. The minimum absolute atomic E-state index is 0.646. The highest BCUT2D eigenvalue weighted by atomic mass is 32.3. The van der Waals surface area contributed by atoms with Gasteiger partial charge in [0.15, 0.2) is 0 Å². The molecule has 0 unspecified atom stereocenters.